The van der Waals surface area contributed by atoms with E-state index in [4.69, 9.17) is 9.88 Å². The molecule has 1 rings (SSSR count). The minimum atomic E-state index is -3.68. The van der Waals surface area contributed by atoms with Crippen molar-refractivity contribution in [3.63, 3.8) is 0 Å². The van der Waals surface area contributed by atoms with Gasteiger partial charge in [0.15, 0.2) is 0 Å². The molecule has 0 spiro atoms. The lowest BCUT2D eigenvalue weighted by Gasteiger charge is -2.19. The van der Waals surface area contributed by atoms with Gasteiger partial charge >= 0.3 is 0 Å². The Balaban J connectivity index is 3.04. The van der Waals surface area contributed by atoms with E-state index in [0.29, 0.717) is 12.2 Å². The van der Waals surface area contributed by atoms with Gasteiger partial charge in [-0.05, 0) is 31.0 Å². The summed E-state index contributed by atoms with van der Waals surface area (Å²) in [5.74, 6) is 0. The molecule has 0 saturated heterocycles. The van der Waals surface area contributed by atoms with Gasteiger partial charge < -0.3 is 10.1 Å². The zero-order valence-corrected chi connectivity index (χ0v) is 11.8. The highest BCUT2D eigenvalue weighted by Crippen LogP contribution is 2.23. The number of methoxy groups -OCH3 is 1. The highest BCUT2D eigenvalue weighted by Gasteiger charge is 2.15. The molecule has 0 bridgehead atoms. The third-order valence-electron chi connectivity index (χ3n) is 2.81. The number of hydrogen-bond acceptors (Lipinski definition) is 4. The van der Waals surface area contributed by atoms with E-state index in [9.17, 15) is 8.42 Å². The zero-order chi connectivity index (χ0) is 13.8. The molecule has 6 heteroatoms. The van der Waals surface area contributed by atoms with E-state index < -0.39 is 10.0 Å². The molecule has 0 fully saturated rings. The number of rotatable bonds is 6. The van der Waals surface area contributed by atoms with Gasteiger partial charge in [-0.3, -0.25) is 0 Å². The second-order valence-electron chi connectivity index (χ2n) is 4.18. The molecule has 5 nitrogen and oxygen atoms in total. The van der Waals surface area contributed by atoms with Crippen molar-refractivity contribution in [1.82, 2.24) is 0 Å². The van der Waals surface area contributed by atoms with Crippen LogP contribution < -0.4 is 10.5 Å². The topological polar surface area (TPSA) is 81.4 Å². The van der Waals surface area contributed by atoms with Gasteiger partial charge in [0.2, 0.25) is 10.0 Å². The van der Waals surface area contributed by atoms with Gasteiger partial charge in [-0.25, -0.2) is 13.6 Å². The largest absolute Gasteiger partial charge is 0.383 e. The van der Waals surface area contributed by atoms with Crippen LogP contribution in [0.2, 0.25) is 0 Å². The molecular weight excluding hydrogens is 252 g/mol. The van der Waals surface area contributed by atoms with E-state index in [2.05, 4.69) is 5.32 Å². The van der Waals surface area contributed by atoms with Crippen LogP contribution in [0.15, 0.2) is 23.1 Å². The van der Waals surface area contributed by atoms with Gasteiger partial charge in [-0.15, -0.1) is 0 Å². The van der Waals surface area contributed by atoms with Crippen molar-refractivity contribution in [2.45, 2.75) is 31.2 Å². The van der Waals surface area contributed by atoms with Crippen molar-refractivity contribution in [1.29, 1.82) is 0 Å². The molecule has 3 N–H and O–H groups in total. The van der Waals surface area contributed by atoms with Gasteiger partial charge in [0.1, 0.15) is 0 Å². The quantitative estimate of drug-likeness (QED) is 0.822. The van der Waals surface area contributed by atoms with Crippen LogP contribution in [0, 0.1) is 6.92 Å². The number of primary sulfonamides is 1. The summed E-state index contributed by atoms with van der Waals surface area (Å²) in [6.45, 7) is 4.34. The van der Waals surface area contributed by atoms with E-state index >= 15 is 0 Å². The van der Waals surface area contributed by atoms with E-state index in [-0.39, 0.29) is 10.9 Å². The van der Waals surface area contributed by atoms with Crippen LogP contribution in [-0.4, -0.2) is 28.2 Å². The lowest BCUT2D eigenvalue weighted by molar-refractivity contribution is 0.184. The van der Waals surface area contributed by atoms with Crippen molar-refractivity contribution in [3.8, 4) is 0 Å². The third kappa shape index (κ3) is 3.69. The van der Waals surface area contributed by atoms with E-state index in [1.54, 1.807) is 20.1 Å². The maximum absolute atomic E-state index is 11.4. The molecule has 1 unspecified atom stereocenters. The fourth-order valence-corrected chi connectivity index (χ4v) is 2.57. The van der Waals surface area contributed by atoms with E-state index in [1.807, 2.05) is 13.0 Å². The lowest BCUT2D eigenvalue weighted by Crippen LogP contribution is -2.25. The van der Waals surface area contributed by atoms with Crippen molar-refractivity contribution >= 4 is 15.7 Å². The molecule has 0 aromatic heterocycles. The normalized spacial score (nSPS) is 13.3. The molecule has 0 aliphatic heterocycles. The molecule has 0 heterocycles. The first kappa shape index (κ1) is 14.9. The Labute approximate surface area is 108 Å². The Morgan fingerprint density at radius 1 is 1.44 bits per heavy atom. The minimum absolute atomic E-state index is 0.143. The van der Waals surface area contributed by atoms with Crippen molar-refractivity contribution < 1.29 is 13.2 Å². The van der Waals surface area contributed by atoms with Crippen molar-refractivity contribution in [2.24, 2.45) is 5.14 Å². The highest BCUT2D eigenvalue weighted by molar-refractivity contribution is 7.89. The van der Waals surface area contributed by atoms with Crippen LogP contribution in [0.5, 0.6) is 0 Å². The van der Waals surface area contributed by atoms with Crippen LogP contribution in [0.4, 0.5) is 5.69 Å². The van der Waals surface area contributed by atoms with Gasteiger partial charge in [-0.1, -0.05) is 13.0 Å². The molecule has 1 aromatic rings. The number of nitrogens with two attached hydrogens (primary N) is 1. The summed E-state index contributed by atoms with van der Waals surface area (Å²) in [7, 11) is -2.05. The molecular formula is C12H20N2O3S. The standard InChI is InChI=1S/C12H20N2O3S/c1-4-10(8-17-3)14-11-6-5-7-12(9(11)2)18(13,15)16/h5-7,10,14H,4,8H2,1-3H3,(H2,13,15,16). The number of nitrogens with one attached hydrogen (secondary N) is 1. The summed E-state index contributed by atoms with van der Waals surface area (Å²) in [4.78, 5) is 0.153. The Hall–Kier alpha value is -1.11. The Kier molecular flexibility index (Phi) is 5.13. The maximum Gasteiger partial charge on any atom is 0.238 e. The smallest absolute Gasteiger partial charge is 0.238 e. The van der Waals surface area contributed by atoms with Crippen LogP contribution in [0.25, 0.3) is 0 Å². The molecule has 1 atom stereocenters. The molecule has 102 valence electrons. The monoisotopic (exact) mass is 272 g/mol. The number of sulfonamides is 1. The van der Waals surface area contributed by atoms with Gasteiger partial charge in [-0.2, -0.15) is 0 Å². The van der Waals surface area contributed by atoms with E-state index in [1.165, 1.54) is 6.07 Å². The zero-order valence-electron chi connectivity index (χ0n) is 10.9. The number of ether oxygens (including phenoxy) is 1. The van der Waals surface area contributed by atoms with Crippen molar-refractivity contribution in [3.05, 3.63) is 23.8 Å². The first-order chi connectivity index (χ1) is 8.40. The molecule has 0 saturated carbocycles. The first-order valence-corrected chi connectivity index (χ1v) is 7.32. The predicted molar refractivity (Wildman–Crippen MR) is 72.1 cm³/mol. The maximum atomic E-state index is 11.4. The fourth-order valence-electron chi connectivity index (χ4n) is 1.76. The van der Waals surface area contributed by atoms with E-state index in [0.717, 1.165) is 12.1 Å². The Bertz CT molecular complexity index is 500. The third-order valence-corrected chi connectivity index (χ3v) is 3.87. The Morgan fingerprint density at radius 3 is 2.61 bits per heavy atom. The van der Waals surface area contributed by atoms with Gasteiger partial charge in [0.05, 0.1) is 11.5 Å². The Morgan fingerprint density at radius 2 is 2.11 bits per heavy atom. The average Bonchev–Trinajstić information content (AvgIpc) is 2.29. The summed E-state index contributed by atoms with van der Waals surface area (Å²) < 4.78 is 27.9. The molecule has 0 aliphatic carbocycles. The SMILES string of the molecule is CCC(COC)Nc1cccc(S(N)(=O)=O)c1C. The number of anilines is 1. The van der Waals surface area contributed by atoms with Crippen LogP contribution in [-0.2, 0) is 14.8 Å². The summed E-state index contributed by atoms with van der Waals surface area (Å²) in [6.07, 6.45) is 0.882. The summed E-state index contributed by atoms with van der Waals surface area (Å²) in [5.41, 5.74) is 1.40. The molecule has 18 heavy (non-hydrogen) atoms. The van der Waals surface area contributed by atoms with Gasteiger partial charge in [0, 0.05) is 18.8 Å². The minimum Gasteiger partial charge on any atom is -0.383 e. The van der Waals surface area contributed by atoms with Gasteiger partial charge in [0.25, 0.3) is 0 Å². The lowest BCUT2D eigenvalue weighted by atomic mass is 10.1. The number of hydrogen-bond donors (Lipinski definition) is 2. The van der Waals surface area contributed by atoms with Crippen molar-refractivity contribution in [2.75, 3.05) is 19.0 Å². The predicted octanol–water partition coefficient (Wildman–Crippen LogP) is 1.48. The average molecular weight is 272 g/mol. The molecule has 0 amide bonds. The van der Waals surface area contributed by atoms with Crippen LogP contribution in [0.1, 0.15) is 18.9 Å². The summed E-state index contributed by atoms with van der Waals surface area (Å²) >= 11 is 0. The molecule has 0 radical (unpaired) electrons. The van der Waals surface area contributed by atoms with Crippen LogP contribution in [0.3, 0.4) is 0 Å². The highest BCUT2D eigenvalue weighted by atomic mass is 32.2. The summed E-state index contributed by atoms with van der Waals surface area (Å²) in [5, 5.41) is 8.43. The molecule has 1 aromatic carbocycles. The first-order valence-electron chi connectivity index (χ1n) is 5.78. The second-order valence-corrected chi connectivity index (χ2v) is 5.71. The number of benzene rings is 1. The second kappa shape index (κ2) is 6.17. The fraction of sp³-hybridized carbons (Fsp3) is 0.500. The van der Waals surface area contributed by atoms with Crippen LogP contribution >= 0.6 is 0 Å². The summed E-state index contributed by atoms with van der Waals surface area (Å²) in [6, 6.07) is 5.16. The molecule has 0 aliphatic rings.